The first-order chi connectivity index (χ1) is 11.1. The van der Waals surface area contributed by atoms with Crippen LogP contribution < -0.4 is 4.72 Å². The van der Waals surface area contributed by atoms with Crippen LogP contribution in [-0.4, -0.2) is 63.1 Å². The molecule has 2 aliphatic rings. The average molecular weight is 343 g/mol. The molecule has 3 heterocycles. The number of hydrogen-bond donors (Lipinski definition) is 1. The van der Waals surface area contributed by atoms with E-state index in [9.17, 15) is 8.42 Å². The van der Waals surface area contributed by atoms with Gasteiger partial charge in [0, 0.05) is 32.2 Å². The summed E-state index contributed by atoms with van der Waals surface area (Å²) in [5.41, 5.74) is 0. The van der Waals surface area contributed by atoms with Crippen molar-refractivity contribution in [1.29, 1.82) is 0 Å². The van der Waals surface area contributed by atoms with Gasteiger partial charge in [0.05, 0.1) is 25.5 Å². The Morgan fingerprint density at radius 1 is 1.35 bits per heavy atom. The summed E-state index contributed by atoms with van der Waals surface area (Å²) in [6.45, 7) is 6.27. The molecule has 1 aromatic rings. The van der Waals surface area contributed by atoms with Crippen LogP contribution in [0.2, 0.25) is 0 Å². The summed E-state index contributed by atoms with van der Waals surface area (Å²) >= 11 is 0. The third-order valence-corrected chi connectivity index (χ3v) is 6.12. The maximum atomic E-state index is 12.7. The van der Waals surface area contributed by atoms with Crippen LogP contribution in [0.25, 0.3) is 0 Å². The summed E-state index contributed by atoms with van der Waals surface area (Å²) in [5.74, 6) is 0.716. The highest BCUT2D eigenvalue weighted by atomic mass is 32.2. The lowest BCUT2D eigenvalue weighted by atomic mass is 10.2. The summed E-state index contributed by atoms with van der Waals surface area (Å²) in [6, 6.07) is 3.30. The van der Waals surface area contributed by atoms with Crippen LogP contribution >= 0.6 is 0 Å². The molecule has 0 radical (unpaired) electrons. The molecule has 2 fully saturated rings. The van der Waals surface area contributed by atoms with Crippen LogP contribution in [0, 0.1) is 0 Å². The zero-order chi connectivity index (χ0) is 16.3. The van der Waals surface area contributed by atoms with Gasteiger partial charge in [-0.15, -0.1) is 0 Å². The van der Waals surface area contributed by atoms with Crippen molar-refractivity contribution in [2.24, 2.45) is 0 Å². The number of morpholine rings is 1. The van der Waals surface area contributed by atoms with E-state index in [4.69, 9.17) is 9.15 Å². The molecule has 130 valence electrons. The minimum absolute atomic E-state index is 0.143. The first-order valence-electron chi connectivity index (χ1n) is 8.19. The molecule has 23 heavy (non-hydrogen) atoms. The Bertz CT molecular complexity index is 584. The highest BCUT2D eigenvalue weighted by Gasteiger charge is 2.37. The van der Waals surface area contributed by atoms with E-state index >= 15 is 0 Å². The van der Waals surface area contributed by atoms with E-state index in [1.54, 1.807) is 12.3 Å². The molecule has 8 heteroatoms. The number of nitrogens with zero attached hydrogens (tertiary/aromatic N) is 2. The summed E-state index contributed by atoms with van der Waals surface area (Å²) in [7, 11) is -3.52. The minimum atomic E-state index is -3.52. The van der Waals surface area contributed by atoms with Crippen molar-refractivity contribution in [1.82, 2.24) is 13.9 Å². The summed E-state index contributed by atoms with van der Waals surface area (Å²) in [5, 5.41) is 0. The van der Waals surface area contributed by atoms with Crippen LogP contribution in [0.15, 0.2) is 22.8 Å². The number of hydrogen-bond acceptors (Lipinski definition) is 5. The highest BCUT2D eigenvalue weighted by molar-refractivity contribution is 7.87. The van der Waals surface area contributed by atoms with Crippen molar-refractivity contribution < 1.29 is 17.6 Å². The van der Waals surface area contributed by atoms with Gasteiger partial charge in [-0.05, 0) is 31.9 Å². The molecule has 0 amide bonds. The molecule has 0 aromatic carbocycles. The van der Waals surface area contributed by atoms with Gasteiger partial charge in [-0.1, -0.05) is 0 Å². The van der Waals surface area contributed by atoms with E-state index in [1.807, 2.05) is 13.0 Å². The molecule has 0 spiro atoms. The molecular formula is C15H25N3O4S. The zero-order valence-electron chi connectivity index (χ0n) is 13.5. The first kappa shape index (κ1) is 16.9. The predicted octanol–water partition coefficient (Wildman–Crippen LogP) is 0.972. The van der Waals surface area contributed by atoms with Gasteiger partial charge in [-0.25, -0.2) is 0 Å². The van der Waals surface area contributed by atoms with Crippen molar-refractivity contribution in [3.63, 3.8) is 0 Å². The largest absolute Gasteiger partial charge is 0.468 e. The monoisotopic (exact) mass is 343 g/mol. The lowest BCUT2D eigenvalue weighted by Gasteiger charge is -2.30. The smallest absolute Gasteiger partial charge is 0.280 e. The van der Waals surface area contributed by atoms with Gasteiger partial charge in [-0.2, -0.15) is 17.4 Å². The van der Waals surface area contributed by atoms with Crippen molar-refractivity contribution in [2.45, 2.75) is 31.8 Å². The Morgan fingerprint density at radius 2 is 2.13 bits per heavy atom. The number of nitrogens with one attached hydrogen (secondary N) is 1. The SMILES string of the molecule is C[C@H](CN1CCOCC1)NS(=O)(=O)N1CCC[C@@H]1c1ccco1. The molecule has 2 aliphatic heterocycles. The Kier molecular flexibility index (Phi) is 5.38. The summed E-state index contributed by atoms with van der Waals surface area (Å²) < 4.78 is 40.5. The molecule has 0 bridgehead atoms. The lowest BCUT2D eigenvalue weighted by molar-refractivity contribution is 0.0353. The first-order valence-corrected chi connectivity index (χ1v) is 9.63. The lowest BCUT2D eigenvalue weighted by Crippen LogP contribution is -2.49. The third kappa shape index (κ3) is 4.13. The predicted molar refractivity (Wildman–Crippen MR) is 86.2 cm³/mol. The van der Waals surface area contributed by atoms with E-state index in [1.165, 1.54) is 4.31 Å². The third-order valence-electron chi connectivity index (χ3n) is 4.37. The van der Waals surface area contributed by atoms with E-state index in [-0.39, 0.29) is 12.1 Å². The molecule has 0 saturated carbocycles. The van der Waals surface area contributed by atoms with Gasteiger partial charge in [0.25, 0.3) is 10.2 Å². The topological polar surface area (TPSA) is 75.0 Å². The van der Waals surface area contributed by atoms with Gasteiger partial charge in [-0.3, -0.25) is 4.90 Å². The van der Waals surface area contributed by atoms with Crippen molar-refractivity contribution >= 4 is 10.2 Å². The Hall–Kier alpha value is -0.930. The fraction of sp³-hybridized carbons (Fsp3) is 0.733. The van der Waals surface area contributed by atoms with Crippen LogP contribution in [0.5, 0.6) is 0 Å². The van der Waals surface area contributed by atoms with Crippen LogP contribution in [0.3, 0.4) is 0 Å². The van der Waals surface area contributed by atoms with E-state index in [2.05, 4.69) is 9.62 Å². The van der Waals surface area contributed by atoms with Crippen LogP contribution in [0.4, 0.5) is 0 Å². The fourth-order valence-electron chi connectivity index (χ4n) is 3.32. The molecule has 7 nitrogen and oxygen atoms in total. The highest BCUT2D eigenvalue weighted by Crippen LogP contribution is 2.33. The number of furan rings is 1. The second-order valence-corrected chi connectivity index (χ2v) is 7.88. The summed E-state index contributed by atoms with van der Waals surface area (Å²) in [4.78, 5) is 2.23. The molecule has 2 saturated heterocycles. The van der Waals surface area contributed by atoms with Crippen molar-refractivity contribution in [3.05, 3.63) is 24.2 Å². The van der Waals surface area contributed by atoms with Gasteiger partial charge >= 0.3 is 0 Å². The Labute approximate surface area is 137 Å². The maximum Gasteiger partial charge on any atom is 0.280 e. The standard InChI is InChI=1S/C15H25N3O4S/c1-13(12-17-7-10-21-11-8-17)16-23(19,20)18-6-2-4-14(18)15-5-3-9-22-15/h3,5,9,13-14,16H,2,4,6-8,10-12H2,1H3/t13-,14-/m1/s1. The molecule has 0 unspecified atom stereocenters. The zero-order valence-corrected chi connectivity index (χ0v) is 14.3. The number of rotatable bonds is 6. The van der Waals surface area contributed by atoms with Gasteiger partial charge in [0.15, 0.2) is 0 Å². The average Bonchev–Trinajstić information content (AvgIpc) is 3.19. The van der Waals surface area contributed by atoms with Gasteiger partial charge in [0.1, 0.15) is 5.76 Å². The normalized spacial score (nSPS) is 25.7. The molecular weight excluding hydrogens is 318 g/mol. The number of ether oxygens (including phenoxy) is 1. The second-order valence-electron chi connectivity index (χ2n) is 6.22. The van der Waals surface area contributed by atoms with Crippen LogP contribution in [-0.2, 0) is 14.9 Å². The van der Waals surface area contributed by atoms with Crippen LogP contribution in [0.1, 0.15) is 31.6 Å². The molecule has 3 rings (SSSR count). The molecule has 1 aromatic heterocycles. The molecule has 1 N–H and O–H groups in total. The second kappa shape index (κ2) is 7.31. The Morgan fingerprint density at radius 3 is 2.83 bits per heavy atom. The quantitative estimate of drug-likeness (QED) is 0.833. The van der Waals surface area contributed by atoms with Crippen molar-refractivity contribution in [3.8, 4) is 0 Å². The molecule has 2 atom stereocenters. The minimum Gasteiger partial charge on any atom is -0.468 e. The molecule has 0 aliphatic carbocycles. The Balaban J connectivity index is 1.61. The van der Waals surface area contributed by atoms with Crippen molar-refractivity contribution in [2.75, 3.05) is 39.4 Å². The van der Waals surface area contributed by atoms with E-state index < -0.39 is 10.2 Å². The summed E-state index contributed by atoms with van der Waals surface area (Å²) in [6.07, 6.45) is 3.24. The van der Waals surface area contributed by atoms with E-state index in [0.717, 1.165) is 25.9 Å². The van der Waals surface area contributed by atoms with E-state index in [0.29, 0.717) is 32.1 Å². The maximum absolute atomic E-state index is 12.7. The van der Waals surface area contributed by atoms with Gasteiger partial charge < -0.3 is 9.15 Å². The fourth-order valence-corrected chi connectivity index (χ4v) is 4.96. The van der Waals surface area contributed by atoms with Gasteiger partial charge in [0.2, 0.25) is 0 Å².